The van der Waals surface area contributed by atoms with Crippen molar-refractivity contribution in [1.29, 1.82) is 0 Å². The summed E-state index contributed by atoms with van der Waals surface area (Å²) in [6, 6.07) is 3.49. The van der Waals surface area contributed by atoms with Gasteiger partial charge in [-0.2, -0.15) is 0 Å². The zero-order chi connectivity index (χ0) is 11.7. The van der Waals surface area contributed by atoms with Gasteiger partial charge in [-0.15, -0.1) is 0 Å². The van der Waals surface area contributed by atoms with Gasteiger partial charge in [0, 0.05) is 16.1 Å². The van der Waals surface area contributed by atoms with Crippen LogP contribution in [-0.2, 0) is 0 Å². The summed E-state index contributed by atoms with van der Waals surface area (Å²) in [5.41, 5.74) is 6.95. The molecule has 1 saturated carbocycles. The van der Waals surface area contributed by atoms with E-state index in [-0.39, 0.29) is 11.8 Å². The fraction of sp³-hybridized carbons (Fsp3) is 0.500. The summed E-state index contributed by atoms with van der Waals surface area (Å²) in [7, 11) is 1.54. The second-order valence-corrected chi connectivity index (χ2v) is 5.08. The molecule has 0 heterocycles. The molecule has 1 aromatic carbocycles. The van der Waals surface area contributed by atoms with E-state index in [1.165, 1.54) is 6.42 Å². The molecule has 2 rings (SSSR count). The van der Waals surface area contributed by atoms with Crippen LogP contribution in [0.25, 0.3) is 0 Å². The number of ether oxygens (including phenoxy) is 1. The summed E-state index contributed by atoms with van der Waals surface area (Å²) < 4.78 is 5.95. The lowest BCUT2D eigenvalue weighted by molar-refractivity contribution is 0.258. The minimum Gasteiger partial charge on any atom is -0.504 e. The number of nitrogens with two attached hydrogens (primary N) is 1. The van der Waals surface area contributed by atoms with E-state index in [0.717, 1.165) is 22.9 Å². The lowest BCUT2D eigenvalue weighted by Gasteiger charge is -2.32. The number of methoxy groups -OCH3 is 1. The summed E-state index contributed by atoms with van der Waals surface area (Å²) >= 11 is 3.44. The molecular formula is C12H16BrNO2. The monoisotopic (exact) mass is 285 g/mol. The van der Waals surface area contributed by atoms with Gasteiger partial charge in [-0.25, -0.2) is 0 Å². The van der Waals surface area contributed by atoms with E-state index in [4.69, 9.17) is 10.5 Å². The summed E-state index contributed by atoms with van der Waals surface area (Å²) in [4.78, 5) is 0. The Hall–Kier alpha value is -0.740. The van der Waals surface area contributed by atoms with Gasteiger partial charge in [-0.1, -0.05) is 22.4 Å². The van der Waals surface area contributed by atoms with Crippen molar-refractivity contribution in [1.82, 2.24) is 0 Å². The van der Waals surface area contributed by atoms with E-state index < -0.39 is 0 Å². The molecule has 1 aliphatic carbocycles. The Balaban J connectivity index is 2.37. The molecule has 0 amide bonds. The zero-order valence-electron chi connectivity index (χ0n) is 9.24. The quantitative estimate of drug-likeness (QED) is 0.898. The first-order valence-corrected chi connectivity index (χ1v) is 6.25. The summed E-state index contributed by atoms with van der Waals surface area (Å²) in [5.74, 6) is 1.12. The second-order valence-electron chi connectivity index (χ2n) is 4.23. The van der Waals surface area contributed by atoms with Crippen molar-refractivity contribution < 1.29 is 9.84 Å². The van der Waals surface area contributed by atoms with E-state index in [1.807, 2.05) is 6.07 Å². The molecule has 1 aliphatic rings. The van der Waals surface area contributed by atoms with Gasteiger partial charge in [0.1, 0.15) is 0 Å². The van der Waals surface area contributed by atoms with Gasteiger partial charge in [0.25, 0.3) is 0 Å². The minimum absolute atomic E-state index is 0.113. The van der Waals surface area contributed by atoms with Crippen LogP contribution in [0.3, 0.4) is 0 Å². The maximum absolute atomic E-state index is 10.1. The number of phenols is 1. The zero-order valence-corrected chi connectivity index (χ0v) is 10.8. The summed E-state index contributed by atoms with van der Waals surface area (Å²) in [6.45, 7) is 0. The maximum Gasteiger partial charge on any atom is 0.163 e. The number of hydrogen-bond donors (Lipinski definition) is 2. The first kappa shape index (κ1) is 11.7. The normalized spacial score (nSPS) is 17.9. The number of aromatic hydroxyl groups is 1. The molecule has 4 heteroatoms. The van der Waals surface area contributed by atoms with Crippen molar-refractivity contribution in [3.63, 3.8) is 0 Å². The number of phenolic OH excluding ortho intramolecular Hbond substituents is 1. The van der Waals surface area contributed by atoms with Crippen molar-refractivity contribution in [2.75, 3.05) is 7.11 Å². The minimum atomic E-state index is -0.113. The highest BCUT2D eigenvalue weighted by Gasteiger charge is 2.29. The Kier molecular flexibility index (Phi) is 3.40. The summed E-state index contributed by atoms with van der Waals surface area (Å²) in [6.07, 6.45) is 3.52. The first-order chi connectivity index (χ1) is 7.65. The van der Waals surface area contributed by atoms with Crippen LogP contribution in [0.2, 0.25) is 0 Å². The van der Waals surface area contributed by atoms with Crippen molar-refractivity contribution in [2.45, 2.75) is 25.3 Å². The van der Waals surface area contributed by atoms with Gasteiger partial charge in [0.15, 0.2) is 11.5 Å². The molecule has 0 spiro atoms. The van der Waals surface area contributed by atoms with Crippen LogP contribution in [0.1, 0.15) is 30.9 Å². The topological polar surface area (TPSA) is 55.5 Å². The Bertz CT molecular complexity index is 391. The lowest BCUT2D eigenvalue weighted by Crippen LogP contribution is -2.27. The van der Waals surface area contributed by atoms with E-state index >= 15 is 0 Å². The average molecular weight is 286 g/mol. The Morgan fingerprint density at radius 2 is 2.19 bits per heavy atom. The molecule has 0 aromatic heterocycles. The molecule has 1 atom stereocenters. The number of rotatable bonds is 3. The molecule has 1 aromatic rings. The molecule has 0 radical (unpaired) electrons. The van der Waals surface area contributed by atoms with E-state index in [1.54, 1.807) is 13.2 Å². The highest BCUT2D eigenvalue weighted by molar-refractivity contribution is 9.10. The highest BCUT2D eigenvalue weighted by Crippen LogP contribution is 2.44. The number of halogens is 1. The van der Waals surface area contributed by atoms with Crippen LogP contribution < -0.4 is 10.5 Å². The highest BCUT2D eigenvalue weighted by atomic mass is 79.9. The van der Waals surface area contributed by atoms with E-state index in [2.05, 4.69) is 15.9 Å². The van der Waals surface area contributed by atoms with Gasteiger partial charge in [-0.05, 0) is 30.9 Å². The second kappa shape index (κ2) is 4.63. The largest absolute Gasteiger partial charge is 0.504 e. The first-order valence-electron chi connectivity index (χ1n) is 5.46. The van der Waals surface area contributed by atoms with Gasteiger partial charge in [0.05, 0.1) is 7.11 Å². The van der Waals surface area contributed by atoms with Crippen molar-refractivity contribution in [2.24, 2.45) is 11.7 Å². The third kappa shape index (κ3) is 1.92. The van der Waals surface area contributed by atoms with Gasteiger partial charge in [0.2, 0.25) is 0 Å². The van der Waals surface area contributed by atoms with Crippen molar-refractivity contribution >= 4 is 15.9 Å². The van der Waals surface area contributed by atoms with Gasteiger partial charge < -0.3 is 15.6 Å². The Morgan fingerprint density at radius 1 is 1.50 bits per heavy atom. The fourth-order valence-electron chi connectivity index (χ4n) is 2.08. The van der Waals surface area contributed by atoms with Crippen molar-refractivity contribution in [3.05, 3.63) is 22.2 Å². The molecule has 88 valence electrons. The van der Waals surface area contributed by atoms with Gasteiger partial charge in [-0.3, -0.25) is 0 Å². The van der Waals surface area contributed by atoms with Crippen LogP contribution in [0.5, 0.6) is 11.5 Å². The molecule has 0 bridgehead atoms. The fourth-order valence-corrected chi connectivity index (χ4v) is 2.66. The lowest BCUT2D eigenvalue weighted by atomic mass is 9.77. The smallest absolute Gasteiger partial charge is 0.163 e. The molecule has 1 fully saturated rings. The molecule has 0 aliphatic heterocycles. The number of hydrogen-bond acceptors (Lipinski definition) is 3. The average Bonchev–Trinajstić information content (AvgIpc) is 2.15. The molecule has 16 heavy (non-hydrogen) atoms. The predicted molar refractivity (Wildman–Crippen MR) is 66.6 cm³/mol. The van der Waals surface area contributed by atoms with Crippen LogP contribution >= 0.6 is 15.9 Å². The number of benzene rings is 1. The molecule has 0 unspecified atom stereocenters. The molecular weight excluding hydrogens is 270 g/mol. The third-order valence-electron chi connectivity index (χ3n) is 3.34. The Morgan fingerprint density at radius 3 is 2.69 bits per heavy atom. The maximum atomic E-state index is 10.1. The van der Waals surface area contributed by atoms with Crippen LogP contribution in [0.4, 0.5) is 0 Å². The van der Waals surface area contributed by atoms with E-state index in [9.17, 15) is 5.11 Å². The van der Waals surface area contributed by atoms with Crippen molar-refractivity contribution in [3.8, 4) is 11.5 Å². The Labute approximate surface area is 104 Å². The molecule has 0 saturated heterocycles. The SMILES string of the molecule is COc1ccc(Br)c([C@H](N)C2CCC2)c1O. The van der Waals surface area contributed by atoms with Crippen LogP contribution in [0, 0.1) is 5.92 Å². The van der Waals surface area contributed by atoms with Crippen LogP contribution in [-0.4, -0.2) is 12.2 Å². The summed E-state index contributed by atoms with van der Waals surface area (Å²) in [5, 5.41) is 10.1. The molecule has 3 N–H and O–H groups in total. The third-order valence-corrected chi connectivity index (χ3v) is 4.03. The van der Waals surface area contributed by atoms with Crippen LogP contribution in [0.15, 0.2) is 16.6 Å². The molecule has 3 nitrogen and oxygen atoms in total. The van der Waals surface area contributed by atoms with Gasteiger partial charge >= 0.3 is 0 Å². The van der Waals surface area contributed by atoms with E-state index in [0.29, 0.717) is 11.7 Å². The standard InChI is InChI=1S/C12H16BrNO2/c1-16-9-6-5-8(13)10(12(9)15)11(14)7-3-2-4-7/h5-7,11,15H,2-4,14H2,1H3/t11-/m1/s1. The predicted octanol–water partition coefficient (Wildman–Crippen LogP) is 2.96.